The first-order valence-corrected chi connectivity index (χ1v) is 9.17. The molecule has 0 bridgehead atoms. The van der Waals surface area contributed by atoms with E-state index in [0.29, 0.717) is 12.2 Å². The van der Waals surface area contributed by atoms with Gasteiger partial charge in [-0.3, -0.25) is 14.4 Å². The molecule has 4 unspecified atom stereocenters. The van der Waals surface area contributed by atoms with Gasteiger partial charge in [-0.25, -0.2) is 4.79 Å². The van der Waals surface area contributed by atoms with Gasteiger partial charge in [0.1, 0.15) is 18.1 Å². The second-order valence-electron chi connectivity index (χ2n) is 5.44. The molecule has 0 aliphatic carbocycles. The average molecular weight is 394 g/mol. The molecular weight excluding hydrogens is 368 g/mol. The number of thioether (sulfide) groups is 1. The molecule has 0 aromatic rings. The number of aliphatic carboxylic acids is 1. The van der Waals surface area contributed by atoms with Gasteiger partial charge >= 0.3 is 5.97 Å². The number of carboxylic acids is 1. The highest BCUT2D eigenvalue weighted by atomic mass is 32.2. The molecule has 0 aliphatic heterocycles. The molecule has 0 radical (unpaired) electrons. The lowest BCUT2D eigenvalue weighted by Crippen LogP contribution is -2.57. The third-order valence-corrected chi connectivity index (χ3v) is 3.98. The number of aliphatic hydroxyl groups excluding tert-OH is 2. The van der Waals surface area contributed by atoms with Crippen LogP contribution in [-0.4, -0.2) is 88.4 Å². The number of hydrogen-bond acceptors (Lipinski definition) is 8. The zero-order chi connectivity index (χ0) is 20.3. The number of carboxylic acid groups (broad SMARTS) is 1. The topological polar surface area (TPSA) is 191 Å². The van der Waals surface area contributed by atoms with Crippen molar-refractivity contribution in [1.82, 2.24) is 16.0 Å². The smallest absolute Gasteiger partial charge is 0.328 e. The van der Waals surface area contributed by atoms with E-state index in [9.17, 15) is 24.3 Å². The molecule has 0 rings (SSSR count). The average Bonchev–Trinajstić information content (AvgIpc) is 2.60. The van der Waals surface area contributed by atoms with Crippen LogP contribution in [0.5, 0.6) is 0 Å². The summed E-state index contributed by atoms with van der Waals surface area (Å²) in [6.45, 7) is -0.246. The normalized spacial score (nSPS) is 15.3. The highest BCUT2D eigenvalue weighted by Crippen LogP contribution is 1.99. The Morgan fingerprint density at radius 2 is 1.50 bits per heavy atom. The van der Waals surface area contributed by atoms with Crippen LogP contribution in [0.25, 0.3) is 0 Å². The number of nitrogens with two attached hydrogens (primary N) is 1. The molecule has 3 amide bonds. The molecule has 0 saturated carbocycles. The molecule has 0 spiro atoms. The van der Waals surface area contributed by atoms with E-state index in [1.807, 2.05) is 11.6 Å². The number of rotatable bonds is 12. The molecule has 11 nitrogen and oxygen atoms in total. The number of aliphatic hydroxyl groups is 2. The fraction of sp³-hybridized carbons (Fsp3) is 0.714. The molecule has 0 aromatic heterocycles. The standard InChI is InChI=1S/C14H26N4O7S/c1-7(11(21)18-10(6-20)14(24)25)16-13(23)9(5-19)17-12(22)8(15)3-4-26-2/h7-10,19-20H,3-6,15H2,1-2H3,(H,16,23)(H,17,22)(H,18,21)(H,24,25). The van der Waals surface area contributed by atoms with Crippen LogP contribution in [0.4, 0.5) is 0 Å². The minimum atomic E-state index is -1.51. The first kappa shape index (κ1) is 24.1. The molecule has 0 saturated heterocycles. The highest BCUT2D eigenvalue weighted by molar-refractivity contribution is 7.98. The van der Waals surface area contributed by atoms with Gasteiger partial charge in [0.05, 0.1) is 19.3 Å². The Kier molecular flexibility index (Phi) is 11.6. The van der Waals surface area contributed by atoms with Crippen molar-refractivity contribution in [3.63, 3.8) is 0 Å². The fourth-order valence-electron chi connectivity index (χ4n) is 1.71. The molecule has 0 aromatic carbocycles. The molecule has 0 heterocycles. The third-order valence-electron chi connectivity index (χ3n) is 3.33. The zero-order valence-electron chi connectivity index (χ0n) is 14.6. The predicted molar refractivity (Wildman–Crippen MR) is 94.2 cm³/mol. The molecule has 150 valence electrons. The molecule has 0 fully saturated rings. The van der Waals surface area contributed by atoms with E-state index < -0.39 is 61.1 Å². The largest absolute Gasteiger partial charge is 0.480 e. The van der Waals surface area contributed by atoms with E-state index in [4.69, 9.17) is 15.9 Å². The quantitative estimate of drug-likeness (QED) is 0.177. The second-order valence-corrected chi connectivity index (χ2v) is 6.43. The van der Waals surface area contributed by atoms with E-state index in [1.54, 1.807) is 0 Å². The van der Waals surface area contributed by atoms with Crippen molar-refractivity contribution in [2.75, 3.05) is 25.2 Å². The summed E-state index contributed by atoms with van der Waals surface area (Å²) in [5.41, 5.74) is 5.67. The minimum Gasteiger partial charge on any atom is -0.480 e. The van der Waals surface area contributed by atoms with E-state index in [-0.39, 0.29) is 0 Å². The predicted octanol–water partition coefficient (Wildman–Crippen LogP) is -3.39. The van der Waals surface area contributed by atoms with E-state index in [1.165, 1.54) is 18.7 Å². The maximum Gasteiger partial charge on any atom is 0.328 e. The molecule has 12 heteroatoms. The SMILES string of the molecule is CSCCC(N)C(=O)NC(CO)C(=O)NC(C)C(=O)NC(CO)C(=O)O. The summed E-state index contributed by atoms with van der Waals surface area (Å²) in [6.07, 6.45) is 2.25. The van der Waals surface area contributed by atoms with Crippen LogP contribution in [0, 0.1) is 0 Å². The molecular formula is C14H26N4O7S. The molecule has 26 heavy (non-hydrogen) atoms. The van der Waals surface area contributed by atoms with Crippen molar-refractivity contribution in [2.45, 2.75) is 37.5 Å². The van der Waals surface area contributed by atoms with Crippen LogP contribution in [0.3, 0.4) is 0 Å². The van der Waals surface area contributed by atoms with Crippen LogP contribution in [-0.2, 0) is 19.2 Å². The highest BCUT2D eigenvalue weighted by Gasteiger charge is 2.27. The van der Waals surface area contributed by atoms with Crippen LogP contribution < -0.4 is 21.7 Å². The van der Waals surface area contributed by atoms with Crippen molar-refractivity contribution in [1.29, 1.82) is 0 Å². The number of amides is 3. The summed E-state index contributed by atoms with van der Waals surface area (Å²) >= 11 is 1.51. The summed E-state index contributed by atoms with van der Waals surface area (Å²) in [4.78, 5) is 46.6. The lowest BCUT2D eigenvalue weighted by Gasteiger charge is -2.22. The van der Waals surface area contributed by atoms with Gasteiger partial charge in [0.25, 0.3) is 0 Å². The van der Waals surface area contributed by atoms with Crippen LogP contribution in [0.15, 0.2) is 0 Å². The second kappa shape index (κ2) is 12.5. The van der Waals surface area contributed by atoms with Gasteiger partial charge in [0.15, 0.2) is 0 Å². The summed E-state index contributed by atoms with van der Waals surface area (Å²) in [5, 5.41) is 33.5. The summed E-state index contributed by atoms with van der Waals surface area (Å²) in [5.74, 6) is -3.08. The van der Waals surface area contributed by atoms with Crippen molar-refractivity contribution < 1.29 is 34.5 Å². The Bertz CT molecular complexity index is 506. The Hall–Kier alpha value is -1.89. The Labute approximate surface area is 155 Å². The van der Waals surface area contributed by atoms with Crippen LogP contribution >= 0.6 is 11.8 Å². The van der Waals surface area contributed by atoms with E-state index in [0.717, 1.165) is 0 Å². The molecule has 0 aliphatic rings. The number of nitrogens with one attached hydrogen (secondary N) is 3. The van der Waals surface area contributed by atoms with Gasteiger partial charge in [-0.1, -0.05) is 0 Å². The lowest BCUT2D eigenvalue weighted by atomic mass is 10.2. The van der Waals surface area contributed by atoms with Gasteiger partial charge in [-0.2, -0.15) is 11.8 Å². The van der Waals surface area contributed by atoms with E-state index >= 15 is 0 Å². The van der Waals surface area contributed by atoms with Gasteiger partial charge in [-0.05, 0) is 25.4 Å². The number of hydrogen-bond donors (Lipinski definition) is 7. The van der Waals surface area contributed by atoms with Gasteiger partial charge in [0, 0.05) is 0 Å². The third kappa shape index (κ3) is 8.47. The fourth-order valence-corrected chi connectivity index (χ4v) is 2.20. The van der Waals surface area contributed by atoms with Gasteiger partial charge in [0.2, 0.25) is 17.7 Å². The maximum atomic E-state index is 12.1. The van der Waals surface area contributed by atoms with Crippen LogP contribution in [0.1, 0.15) is 13.3 Å². The van der Waals surface area contributed by atoms with Crippen molar-refractivity contribution in [2.24, 2.45) is 5.73 Å². The van der Waals surface area contributed by atoms with Crippen molar-refractivity contribution in [3.8, 4) is 0 Å². The summed E-state index contributed by atoms with van der Waals surface area (Å²) in [6, 6.07) is -4.83. The Morgan fingerprint density at radius 1 is 0.962 bits per heavy atom. The van der Waals surface area contributed by atoms with Crippen molar-refractivity contribution in [3.05, 3.63) is 0 Å². The van der Waals surface area contributed by atoms with Crippen molar-refractivity contribution >= 4 is 35.5 Å². The summed E-state index contributed by atoms with van der Waals surface area (Å²) in [7, 11) is 0. The monoisotopic (exact) mass is 394 g/mol. The zero-order valence-corrected chi connectivity index (χ0v) is 15.4. The van der Waals surface area contributed by atoms with Gasteiger partial charge in [-0.15, -0.1) is 0 Å². The number of carbonyl (C=O) groups excluding carboxylic acids is 3. The Balaban J connectivity index is 4.66. The van der Waals surface area contributed by atoms with Gasteiger partial charge < -0.3 is 37.0 Å². The minimum absolute atomic E-state index is 0.392. The molecule has 8 N–H and O–H groups in total. The summed E-state index contributed by atoms with van der Waals surface area (Å²) < 4.78 is 0. The first-order valence-electron chi connectivity index (χ1n) is 7.78. The lowest BCUT2D eigenvalue weighted by molar-refractivity contribution is -0.143. The Morgan fingerprint density at radius 3 is 1.96 bits per heavy atom. The van der Waals surface area contributed by atoms with Crippen LogP contribution in [0.2, 0.25) is 0 Å². The van der Waals surface area contributed by atoms with E-state index in [2.05, 4.69) is 10.6 Å². The first-order chi connectivity index (χ1) is 12.2. The molecule has 4 atom stereocenters. The maximum absolute atomic E-state index is 12.1. The number of carbonyl (C=O) groups is 4.